The van der Waals surface area contributed by atoms with E-state index in [9.17, 15) is 9.59 Å². The molecule has 0 bridgehead atoms. The van der Waals surface area contributed by atoms with Gasteiger partial charge in [-0.25, -0.2) is 4.79 Å². The van der Waals surface area contributed by atoms with Crippen molar-refractivity contribution in [2.45, 2.75) is 70.4 Å². The lowest BCUT2D eigenvalue weighted by atomic mass is 9.71. The molecule has 5 aromatic rings. The first-order valence-corrected chi connectivity index (χ1v) is 22.4. The van der Waals surface area contributed by atoms with E-state index in [2.05, 4.69) is 69.3 Å². The van der Waals surface area contributed by atoms with Crippen molar-refractivity contribution in [3.05, 3.63) is 156 Å². The van der Waals surface area contributed by atoms with Crippen molar-refractivity contribution in [3.8, 4) is 5.75 Å². The van der Waals surface area contributed by atoms with Gasteiger partial charge in [-0.15, -0.1) is 0 Å². The van der Waals surface area contributed by atoms with Gasteiger partial charge in [-0.3, -0.25) is 9.63 Å². The normalized spacial score (nSPS) is 19.7. The summed E-state index contributed by atoms with van der Waals surface area (Å²) in [5.74, 6) is 0.848. The number of methoxy groups -OCH3 is 3. The van der Waals surface area contributed by atoms with E-state index < -0.39 is 37.8 Å². The van der Waals surface area contributed by atoms with Crippen molar-refractivity contribution in [1.29, 1.82) is 0 Å². The van der Waals surface area contributed by atoms with Gasteiger partial charge < -0.3 is 27.8 Å². The average molecular weight is 830 g/mol. The number of hydroxylamine groups is 2. The van der Waals surface area contributed by atoms with E-state index in [0.717, 1.165) is 16.9 Å². The minimum atomic E-state index is -2.74. The van der Waals surface area contributed by atoms with Gasteiger partial charge in [0.25, 0.3) is 8.32 Å². The third-order valence-corrected chi connectivity index (χ3v) is 16.7. The smallest absolute Gasteiger partial charge is 0.330 e. The van der Waals surface area contributed by atoms with E-state index in [-0.39, 0.29) is 24.6 Å². The van der Waals surface area contributed by atoms with Crippen molar-refractivity contribution < 1.29 is 42.2 Å². The van der Waals surface area contributed by atoms with Crippen LogP contribution in [0.5, 0.6) is 5.75 Å². The lowest BCUT2D eigenvalue weighted by Gasteiger charge is -2.46. The highest BCUT2D eigenvalue weighted by molar-refractivity contribution is 6.99. The van der Waals surface area contributed by atoms with Gasteiger partial charge in [0.05, 0.1) is 34.5 Å². The predicted octanol–water partition coefficient (Wildman–Crippen LogP) is 7.99. The summed E-state index contributed by atoms with van der Waals surface area (Å²) in [7, 11) is 1.57. The zero-order chi connectivity index (χ0) is 42.3. The molecule has 3 atom stereocenters. The van der Waals surface area contributed by atoms with Crippen LogP contribution in [0.15, 0.2) is 132 Å². The maximum atomic E-state index is 14.4. The second-order valence-electron chi connectivity index (χ2n) is 16.4. The van der Waals surface area contributed by atoms with Gasteiger partial charge in [0.2, 0.25) is 0 Å². The minimum Gasteiger partial charge on any atom is -0.497 e. The van der Waals surface area contributed by atoms with Crippen LogP contribution in [0.3, 0.4) is 0 Å². The second kappa shape index (κ2) is 18.5. The fourth-order valence-corrected chi connectivity index (χ4v) is 13.6. The van der Waals surface area contributed by atoms with Gasteiger partial charge >= 0.3 is 11.9 Å². The number of hydrogen-bond acceptors (Lipinski definition) is 10. The number of ether oxygens (including phenoxy) is 4. The van der Waals surface area contributed by atoms with Gasteiger partial charge in [0.1, 0.15) is 34.8 Å². The molecule has 1 aromatic heterocycles. The number of benzene rings is 4. The van der Waals surface area contributed by atoms with Crippen molar-refractivity contribution in [2.24, 2.45) is 5.41 Å². The van der Waals surface area contributed by atoms with E-state index >= 15 is 0 Å². The molecular weight excluding hydrogens is 775 g/mol. The van der Waals surface area contributed by atoms with Crippen LogP contribution in [0.2, 0.25) is 5.04 Å². The minimum absolute atomic E-state index is 0.162. The predicted molar refractivity (Wildman–Crippen MR) is 232 cm³/mol. The average Bonchev–Trinajstić information content (AvgIpc) is 3.79. The summed E-state index contributed by atoms with van der Waals surface area (Å²) in [5, 5.41) is 4.06. The van der Waals surface area contributed by atoms with Gasteiger partial charge in [-0.2, -0.15) is 5.06 Å². The van der Waals surface area contributed by atoms with Crippen LogP contribution in [0, 0.1) is 5.41 Å². The van der Waals surface area contributed by atoms with E-state index in [0.29, 0.717) is 48.7 Å². The highest BCUT2D eigenvalue weighted by Crippen LogP contribution is 2.63. The van der Waals surface area contributed by atoms with Crippen molar-refractivity contribution >= 4 is 36.2 Å². The summed E-state index contributed by atoms with van der Waals surface area (Å²) in [6.07, 6.45) is 2.23. The van der Waals surface area contributed by atoms with Crippen LogP contribution >= 0.6 is 0 Å². The fourth-order valence-electron chi connectivity index (χ4n) is 8.97. The molecule has 0 saturated carbocycles. The quantitative estimate of drug-likeness (QED) is 0.0421. The van der Waals surface area contributed by atoms with Crippen molar-refractivity contribution in [2.75, 3.05) is 34.5 Å². The van der Waals surface area contributed by atoms with Crippen LogP contribution in [0.4, 0.5) is 0 Å². The molecule has 60 heavy (non-hydrogen) atoms. The summed E-state index contributed by atoms with van der Waals surface area (Å²) in [4.78, 5) is 34.4. The molecule has 0 unspecified atom stereocenters. The summed E-state index contributed by atoms with van der Waals surface area (Å²) in [6.45, 7) is 8.13. The van der Waals surface area contributed by atoms with E-state index in [4.69, 9.17) is 32.6 Å². The Bertz CT molecular complexity index is 2200. The first-order chi connectivity index (χ1) is 29.0. The summed E-state index contributed by atoms with van der Waals surface area (Å²) in [6, 6.07) is 39.9. The number of fused-ring (bicyclic) bond motifs is 3. The van der Waals surface area contributed by atoms with Crippen LogP contribution in [0.1, 0.15) is 67.9 Å². The number of furan rings is 1. The Morgan fingerprint density at radius 1 is 0.833 bits per heavy atom. The fraction of sp³-hybridized carbons (Fsp3) is 0.347. The molecule has 10 nitrogen and oxygen atoms in total. The number of carbonyl (C=O) groups excluding carboxylic acids is 2. The van der Waals surface area contributed by atoms with Gasteiger partial charge in [-0.1, -0.05) is 124 Å². The summed E-state index contributed by atoms with van der Waals surface area (Å²) < 4.78 is 36.4. The highest BCUT2D eigenvalue weighted by Gasteiger charge is 2.64. The molecule has 0 spiro atoms. The number of nitrogens with zero attached hydrogens (tertiary/aromatic N) is 1. The van der Waals surface area contributed by atoms with Gasteiger partial charge in [0, 0.05) is 37.6 Å². The molecule has 2 aliphatic rings. The van der Waals surface area contributed by atoms with Crippen molar-refractivity contribution in [3.63, 3.8) is 0 Å². The lowest BCUT2D eigenvalue weighted by Crippen LogP contribution is -2.66. The summed E-state index contributed by atoms with van der Waals surface area (Å²) >= 11 is 0. The van der Waals surface area contributed by atoms with E-state index in [1.165, 1.54) is 30.7 Å². The molecule has 1 saturated heterocycles. The first-order valence-electron chi connectivity index (χ1n) is 20.5. The number of rotatable bonds is 16. The van der Waals surface area contributed by atoms with Crippen molar-refractivity contribution in [1.82, 2.24) is 5.06 Å². The monoisotopic (exact) mass is 829 g/mol. The van der Waals surface area contributed by atoms with Crippen LogP contribution in [0.25, 0.3) is 5.57 Å². The second-order valence-corrected chi connectivity index (χ2v) is 20.7. The van der Waals surface area contributed by atoms with Crippen LogP contribution < -0.4 is 15.1 Å². The number of carbonyl (C=O) groups is 2. The van der Waals surface area contributed by atoms with Crippen LogP contribution in [-0.4, -0.2) is 66.0 Å². The SMILES string of the molecule is COC(=O)/C=C1\c2cc(CCCO[Si](c3ccccc3)(c3ccccc3)C(C)(C)C)oc2[C@H]2N(Cc3ccc(OC)cc3)O[C@@H](COCc3ccccc3)C[C@@]12C(=O)OC. The molecule has 7 rings (SSSR count). The third-order valence-electron chi connectivity index (χ3n) is 11.6. The van der Waals surface area contributed by atoms with Crippen LogP contribution in [-0.2, 0) is 52.6 Å². The molecule has 0 N–H and O–H groups in total. The first kappa shape index (κ1) is 42.8. The molecule has 1 aliphatic carbocycles. The number of aryl methyl sites for hydroxylation is 1. The zero-order valence-electron chi connectivity index (χ0n) is 35.4. The Kier molecular flexibility index (Phi) is 13.2. The molecule has 314 valence electrons. The molecule has 11 heteroatoms. The lowest BCUT2D eigenvalue weighted by molar-refractivity contribution is -0.292. The molecular formula is C49H55NO9Si. The number of esters is 2. The highest BCUT2D eigenvalue weighted by atomic mass is 28.4. The molecule has 0 radical (unpaired) electrons. The number of hydrogen-bond donors (Lipinski definition) is 0. The largest absolute Gasteiger partial charge is 0.497 e. The molecule has 0 amide bonds. The Labute approximate surface area is 354 Å². The Morgan fingerprint density at radius 2 is 1.47 bits per heavy atom. The Balaban J connectivity index is 1.22. The molecule has 1 fully saturated rings. The topological polar surface area (TPSA) is 106 Å². The molecule has 2 heterocycles. The molecule has 4 aromatic carbocycles. The summed E-state index contributed by atoms with van der Waals surface area (Å²) in [5.41, 5.74) is 1.66. The third kappa shape index (κ3) is 8.50. The Hall–Kier alpha value is -5.30. The van der Waals surface area contributed by atoms with Gasteiger partial charge in [0.15, 0.2) is 0 Å². The maximum absolute atomic E-state index is 14.4. The zero-order valence-corrected chi connectivity index (χ0v) is 36.4. The van der Waals surface area contributed by atoms with E-state index in [1.807, 2.05) is 72.8 Å². The maximum Gasteiger partial charge on any atom is 0.330 e. The van der Waals surface area contributed by atoms with Gasteiger partial charge in [-0.05, 0) is 56.7 Å². The Morgan fingerprint density at radius 3 is 2.05 bits per heavy atom. The van der Waals surface area contributed by atoms with E-state index in [1.54, 1.807) is 12.2 Å². The molecule has 1 aliphatic heterocycles. The standard InChI is InChI=1S/C49H55NO9Si/c1-48(2,3)60(40-20-12-8-13-21-40,41-22-14-9-15-23-41)57-28-16-19-38-29-42-43(30-44(51)54-5)49(47(52)55-6)31-39(34-56-33-36-17-10-7-11-18-36)59-50(46(49)45(42)58-38)32-35-24-26-37(53-4)27-25-35/h7-15,17-18,20-27,29-30,39,46H,16,19,28,31-34H2,1-6H3/b43-30+/t39-,46-,49-/m1/s1.